The second-order valence-corrected chi connectivity index (χ2v) is 4.65. The molecule has 0 radical (unpaired) electrons. The van der Waals surface area contributed by atoms with Crippen LogP contribution in [0, 0.1) is 6.92 Å². The number of aryl methyl sites for hydroxylation is 1. The number of rotatable bonds is 4. The first-order valence-corrected chi connectivity index (χ1v) is 6.16. The Balaban J connectivity index is 2.05. The van der Waals surface area contributed by atoms with Gasteiger partial charge >= 0.3 is 5.97 Å². The van der Waals surface area contributed by atoms with E-state index in [0.717, 1.165) is 5.56 Å². The first-order chi connectivity index (χ1) is 9.45. The van der Waals surface area contributed by atoms with Gasteiger partial charge in [0.05, 0.1) is 0 Å². The number of nitrogens with zero attached hydrogens (tertiary/aromatic N) is 2. The van der Waals surface area contributed by atoms with E-state index < -0.39 is 5.97 Å². The van der Waals surface area contributed by atoms with Gasteiger partial charge in [-0.15, -0.1) is 0 Å². The summed E-state index contributed by atoms with van der Waals surface area (Å²) in [4.78, 5) is 22.5. The molecule has 1 amide bonds. The molecule has 1 aromatic carbocycles. The van der Waals surface area contributed by atoms with Crippen molar-refractivity contribution >= 4 is 29.2 Å². The van der Waals surface area contributed by atoms with Gasteiger partial charge in [-0.2, -0.15) is 5.10 Å². The maximum Gasteiger partial charge on any atom is 0.356 e. The molecule has 0 saturated heterocycles. The van der Waals surface area contributed by atoms with Crippen molar-refractivity contribution < 1.29 is 14.7 Å². The highest BCUT2D eigenvalue weighted by molar-refractivity contribution is 6.31. The molecule has 2 rings (SSSR count). The van der Waals surface area contributed by atoms with Crippen molar-refractivity contribution in [2.24, 2.45) is 0 Å². The normalized spacial score (nSPS) is 10.3. The van der Waals surface area contributed by atoms with Crippen molar-refractivity contribution in [3.05, 3.63) is 46.7 Å². The van der Waals surface area contributed by atoms with Crippen LogP contribution in [-0.4, -0.2) is 26.8 Å². The second kappa shape index (κ2) is 5.75. The molecule has 0 aliphatic rings. The lowest BCUT2D eigenvalue weighted by Crippen LogP contribution is -2.20. The summed E-state index contributed by atoms with van der Waals surface area (Å²) < 4.78 is 1.26. The van der Waals surface area contributed by atoms with Crippen molar-refractivity contribution in [3.8, 4) is 0 Å². The minimum Gasteiger partial charge on any atom is -0.476 e. The summed E-state index contributed by atoms with van der Waals surface area (Å²) >= 11 is 5.86. The fourth-order valence-corrected chi connectivity index (χ4v) is 1.80. The quantitative estimate of drug-likeness (QED) is 0.905. The monoisotopic (exact) mass is 293 g/mol. The fourth-order valence-electron chi connectivity index (χ4n) is 1.63. The van der Waals surface area contributed by atoms with E-state index in [1.54, 1.807) is 18.2 Å². The van der Waals surface area contributed by atoms with Crippen LogP contribution in [0.25, 0.3) is 0 Å². The summed E-state index contributed by atoms with van der Waals surface area (Å²) in [7, 11) is 0. The molecule has 104 valence electrons. The Morgan fingerprint density at radius 1 is 1.40 bits per heavy atom. The number of carbonyl (C=O) groups is 2. The molecule has 20 heavy (non-hydrogen) atoms. The van der Waals surface area contributed by atoms with Gasteiger partial charge in [-0.25, -0.2) is 4.79 Å². The van der Waals surface area contributed by atoms with Crippen molar-refractivity contribution in [2.75, 3.05) is 5.32 Å². The van der Waals surface area contributed by atoms with E-state index in [4.69, 9.17) is 16.7 Å². The zero-order valence-electron chi connectivity index (χ0n) is 10.6. The second-order valence-electron chi connectivity index (χ2n) is 4.21. The number of hydrogen-bond donors (Lipinski definition) is 2. The lowest BCUT2D eigenvalue weighted by Gasteiger charge is -2.08. The van der Waals surface area contributed by atoms with Crippen LogP contribution in [0.5, 0.6) is 0 Å². The summed E-state index contributed by atoms with van der Waals surface area (Å²) in [6, 6.07) is 6.52. The number of carboxylic acids is 1. The number of aromatic carboxylic acids is 1. The third-order valence-electron chi connectivity index (χ3n) is 2.64. The van der Waals surface area contributed by atoms with Gasteiger partial charge in [0.25, 0.3) is 0 Å². The average Bonchev–Trinajstić information content (AvgIpc) is 2.82. The van der Waals surface area contributed by atoms with Gasteiger partial charge in [0.2, 0.25) is 5.91 Å². The van der Waals surface area contributed by atoms with E-state index in [1.165, 1.54) is 16.9 Å². The Kier molecular flexibility index (Phi) is 4.05. The van der Waals surface area contributed by atoms with Gasteiger partial charge < -0.3 is 10.4 Å². The molecule has 0 spiro atoms. The SMILES string of the molecule is Cc1ccc(Cl)cc1NC(=O)Cn1ccc(C(=O)O)n1. The minimum absolute atomic E-state index is 0.0702. The summed E-state index contributed by atoms with van der Waals surface area (Å²) in [6.45, 7) is 1.78. The minimum atomic E-state index is -1.13. The van der Waals surface area contributed by atoms with E-state index in [1.807, 2.05) is 6.92 Å². The van der Waals surface area contributed by atoms with Crippen molar-refractivity contribution in [3.63, 3.8) is 0 Å². The van der Waals surface area contributed by atoms with Gasteiger partial charge in [-0.3, -0.25) is 9.48 Å². The number of amides is 1. The van der Waals surface area contributed by atoms with E-state index in [-0.39, 0.29) is 18.1 Å². The molecule has 7 heteroatoms. The van der Waals surface area contributed by atoms with Crippen LogP contribution >= 0.6 is 11.6 Å². The first kappa shape index (κ1) is 14.1. The van der Waals surface area contributed by atoms with Crippen LogP contribution < -0.4 is 5.32 Å². The third-order valence-corrected chi connectivity index (χ3v) is 2.87. The lowest BCUT2D eigenvalue weighted by atomic mass is 10.2. The summed E-state index contributed by atoms with van der Waals surface area (Å²) in [5, 5.41) is 15.7. The number of benzene rings is 1. The molecule has 0 bridgehead atoms. The molecule has 1 aromatic heterocycles. The van der Waals surface area contributed by atoms with Gasteiger partial charge in [0.1, 0.15) is 6.54 Å². The molecule has 0 unspecified atom stereocenters. The highest BCUT2D eigenvalue weighted by Gasteiger charge is 2.10. The maximum absolute atomic E-state index is 11.9. The average molecular weight is 294 g/mol. The number of hydrogen-bond acceptors (Lipinski definition) is 3. The Labute approximate surface area is 120 Å². The Morgan fingerprint density at radius 2 is 2.15 bits per heavy atom. The largest absolute Gasteiger partial charge is 0.476 e. The van der Waals surface area contributed by atoms with Crippen molar-refractivity contribution in [1.82, 2.24) is 9.78 Å². The van der Waals surface area contributed by atoms with Gasteiger partial charge in [0.15, 0.2) is 5.69 Å². The van der Waals surface area contributed by atoms with Crippen LogP contribution in [0.1, 0.15) is 16.1 Å². The molecule has 0 fully saturated rings. The standard InChI is InChI=1S/C13H12ClN3O3/c1-8-2-3-9(14)6-11(8)15-12(18)7-17-5-4-10(16-17)13(19)20/h2-6H,7H2,1H3,(H,15,18)(H,19,20). The number of carbonyl (C=O) groups excluding carboxylic acids is 1. The Morgan fingerprint density at radius 3 is 2.80 bits per heavy atom. The summed E-state index contributed by atoms with van der Waals surface area (Å²) in [5.74, 6) is -1.44. The highest BCUT2D eigenvalue weighted by Crippen LogP contribution is 2.20. The van der Waals surface area contributed by atoms with Crippen LogP contribution in [-0.2, 0) is 11.3 Å². The molecule has 0 atom stereocenters. The van der Waals surface area contributed by atoms with Crippen LogP contribution in [0.15, 0.2) is 30.5 Å². The Bertz CT molecular complexity index is 667. The topological polar surface area (TPSA) is 84.2 Å². The molecular formula is C13H12ClN3O3. The maximum atomic E-state index is 11.9. The number of aromatic nitrogens is 2. The molecule has 0 aliphatic carbocycles. The zero-order chi connectivity index (χ0) is 14.7. The van der Waals surface area contributed by atoms with Crippen LogP contribution in [0.3, 0.4) is 0 Å². The molecule has 1 heterocycles. The van der Waals surface area contributed by atoms with Gasteiger partial charge in [-0.1, -0.05) is 17.7 Å². The Hall–Kier alpha value is -2.34. The van der Waals surface area contributed by atoms with Gasteiger partial charge in [0, 0.05) is 16.9 Å². The van der Waals surface area contributed by atoms with Crippen molar-refractivity contribution in [2.45, 2.75) is 13.5 Å². The molecule has 2 N–H and O–H groups in total. The predicted molar refractivity (Wildman–Crippen MR) is 74.0 cm³/mol. The van der Waals surface area contributed by atoms with Gasteiger partial charge in [-0.05, 0) is 30.7 Å². The van der Waals surface area contributed by atoms with E-state index in [2.05, 4.69) is 10.4 Å². The predicted octanol–water partition coefficient (Wildman–Crippen LogP) is 2.18. The number of halogens is 1. The number of carboxylic acid groups (broad SMARTS) is 1. The van der Waals surface area contributed by atoms with E-state index >= 15 is 0 Å². The molecule has 0 aliphatic heterocycles. The number of nitrogens with one attached hydrogen (secondary N) is 1. The zero-order valence-corrected chi connectivity index (χ0v) is 11.4. The van der Waals surface area contributed by atoms with Crippen LogP contribution in [0.4, 0.5) is 5.69 Å². The third kappa shape index (κ3) is 3.36. The highest BCUT2D eigenvalue weighted by atomic mass is 35.5. The smallest absolute Gasteiger partial charge is 0.356 e. The lowest BCUT2D eigenvalue weighted by molar-refractivity contribution is -0.116. The van der Waals surface area contributed by atoms with E-state index in [9.17, 15) is 9.59 Å². The molecular weight excluding hydrogens is 282 g/mol. The van der Waals surface area contributed by atoms with Crippen LogP contribution in [0.2, 0.25) is 5.02 Å². The fraction of sp³-hybridized carbons (Fsp3) is 0.154. The summed E-state index contributed by atoms with van der Waals surface area (Å²) in [5.41, 5.74) is 1.40. The van der Waals surface area contributed by atoms with Crippen molar-refractivity contribution in [1.29, 1.82) is 0 Å². The number of anilines is 1. The first-order valence-electron chi connectivity index (χ1n) is 5.78. The molecule has 0 saturated carbocycles. The summed E-state index contributed by atoms with van der Waals surface area (Å²) in [6.07, 6.45) is 1.44. The molecule has 2 aromatic rings. The van der Waals surface area contributed by atoms with E-state index in [0.29, 0.717) is 10.7 Å². The molecule has 6 nitrogen and oxygen atoms in total.